The standard InChI is InChI=1S/C19H25N3O6/c1-19(2,3)27-18(26)21-14(11-13-7-5-4-6-8-13)12-20-17(25)28-22-15(23)9-10-16(22)24/h4-8,14H,9-12H2,1-3H3,(H,20,25)(H,21,26). The molecule has 2 rings (SSSR count). The molecule has 0 bridgehead atoms. The number of alkyl carbamates (subject to hydrolysis) is 1. The van der Waals surface area contributed by atoms with E-state index in [1.165, 1.54) is 0 Å². The summed E-state index contributed by atoms with van der Waals surface area (Å²) in [4.78, 5) is 51.8. The van der Waals surface area contributed by atoms with Gasteiger partial charge in [0, 0.05) is 19.4 Å². The minimum Gasteiger partial charge on any atom is -0.444 e. The smallest absolute Gasteiger partial charge is 0.432 e. The van der Waals surface area contributed by atoms with E-state index in [9.17, 15) is 19.2 Å². The molecule has 2 N–H and O–H groups in total. The summed E-state index contributed by atoms with van der Waals surface area (Å²) in [5, 5.41) is 5.63. The molecule has 28 heavy (non-hydrogen) atoms. The average molecular weight is 391 g/mol. The van der Waals surface area contributed by atoms with Gasteiger partial charge in [0.2, 0.25) is 0 Å². The first kappa shape index (κ1) is 21.2. The number of nitrogens with one attached hydrogen (secondary N) is 2. The molecule has 1 fully saturated rings. The van der Waals surface area contributed by atoms with E-state index in [2.05, 4.69) is 10.6 Å². The van der Waals surface area contributed by atoms with Gasteiger partial charge in [0.05, 0.1) is 6.04 Å². The summed E-state index contributed by atoms with van der Waals surface area (Å²) in [6.45, 7) is 5.26. The second-order valence-corrected chi connectivity index (χ2v) is 7.37. The van der Waals surface area contributed by atoms with E-state index >= 15 is 0 Å². The fourth-order valence-electron chi connectivity index (χ4n) is 2.53. The van der Waals surface area contributed by atoms with Crippen LogP contribution in [0.2, 0.25) is 0 Å². The first-order chi connectivity index (χ1) is 13.1. The van der Waals surface area contributed by atoms with E-state index in [1.807, 2.05) is 30.3 Å². The highest BCUT2D eigenvalue weighted by atomic mass is 16.7. The summed E-state index contributed by atoms with van der Waals surface area (Å²) in [5.74, 6) is -1.12. The Morgan fingerprint density at radius 3 is 2.25 bits per heavy atom. The highest BCUT2D eigenvalue weighted by Gasteiger charge is 2.33. The van der Waals surface area contributed by atoms with E-state index in [0.717, 1.165) is 5.56 Å². The van der Waals surface area contributed by atoms with Crippen molar-refractivity contribution in [1.82, 2.24) is 15.7 Å². The molecule has 1 saturated heterocycles. The van der Waals surface area contributed by atoms with E-state index in [1.54, 1.807) is 20.8 Å². The molecular formula is C19H25N3O6. The molecule has 0 aromatic heterocycles. The van der Waals surface area contributed by atoms with Gasteiger partial charge < -0.3 is 20.2 Å². The number of ether oxygens (including phenoxy) is 1. The molecule has 0 radical (unpaired) electrons. The zero-order chi connectivity index (χ0) is 20.7. The number of nitrogens with zero attached hydrogens (tertiary/aromatic N) is 1. The van der Waals surface area contributed by atoms with Crippen molar-refractivity contribution in [3.8, 4) is 0 Å². The van der Waals surface area contributed by atoms with Gasteiger partial charge in [0.15, 0.2) is 0 Å². The molecule has 1 heterocycles. The highest BCUT2D eigenvalue weighted by molar-refractivity contribution is 6.01. The number of hydroxylamine groups is 2. The number of carbonyl (C=O) groups excluding carboxylic acids is 4. The van der Waals surface area contributed by atoms with Gasteiger partial charge in [0.1, 0.15) is 5.60 Å². The van der Waals surface area contributed by atoms with Gasteiger partial charge in [0.25, 0.3) is 11.8 Å². The number of benzene rings is 1. The normalized spacial score (nSPS) is 15.2. The second kappa shape index (κ2) is 9.20. The summed E-state index contributed by atoms with van der Waals surface area (Å²) in [6, 6.07) is 8.90. The maximum absolute atomic E-state index is 12.1. The Labute approximate surface area is 163 Å². The van der Waals surface area contributed by atoms with Crippen LogP contribution >= 0.6 is 0 Å². The van der Waals surface area contributed by atoms with Crippen LogP contribution in [0.5, 0.6) is 0 Å². The molecule has 152 valence electrons. The molecule has 0 aliphatic carbocycles. The van der Waals surface area contributed by atoms with Crippen LogP contribution in [0.1, 0.15) is 39.2 Å². The lowest BCUT2D eigenvalue weighted by Crippen LogP contribution is -2.47. The predicted octanol–water partition coefficient (Wildman–Crippen LogP) is 1.91. The summed E-state index contributed by atoms with van der Waals surface area (Å²) >= 11 is 0. The van der Waals surface area contributed by atoms with Gasteiger partial charge in [-0.05, 0) is 32.8 Å². The van der Waals surface area contributed by atoms with Crippen LogP contribution in [0.15, 0.2) is 30.3 Å². The summed E-state index contributed by atoms with van der Waals surface area (Å²) < 4.78 is 5.26. The van der Waals surface area contributed by atoms with Crippen molar-refractivity contribution >= 4 is 24.0 Å². The van der Waals surface area contributed by atoms with E-state index < -0.39 is 35.6 Å². The van der Waals surface area contributed by atoms with Gasteiger partial charge in [-0.25, -0.2) is 9.59 Å². The third-order valence-corrected chi connectivity index (χ3v) is 3.72. The summed E-state index contributed by atoms with van der Waals surface area (Å²) in [5.41, 5.74) is 0.285. The lowest BCUT2D eigenvalue weighted by atomic mass is 10.1. The van der Waals surface area contributed by atoms with E-state index in [-0.39, 0.29) is 19.4 Å². The Kier molecular flexibility index (Phi) is 6.97. The van der Waals surface area contributed by atoms with Crippen molar-refractivity contribution < 1.29 is 28.8 Å². The first-order valence-corrected chi connectivity index (χ1v) is 8.99. The number of amides is 4. The van der Waals surface area contributed by atoms with Gasteiger partial charge in [-0.2, -0.15) is 0 Å². The van der Waals surface area contributed by atoms with Crippen LogP contribution in [0.4, 0.5) is 9.59 Å². The Bertz CT molecular complexity index is 713. The van der Waals surface area contributed by atoms with Gasteiger partial charge in [-0.3, -0.25) is 9.59 Å². The second-order valence-electron chi connectivity index (χ2n) is 7.37. The van der Waals surface area contributed by atoms with Crippen LogP contribution < -0.4 is 10.6 Å². The first-order valence-electron chi connectivity index (χ1n) is 8.99. The molecule has 4 amide bonds. The number of carbonyl (C=O) groups is 4. The summed E-state index contributed by atoms with van der Waals surface area (Å²) in [7, 11) is 0. The monoisotopic (exact) mass is 391 g/mol. The van der Waals surface area contributed by atoms with E-state index in [4.69, 9.17) is 9.57 Å². The highest BCUT2D eigenvalue weighted by Crippen LogP contribution is 2.12. The number of hydrogen-bond donors (Lipinski definition) is 2. The van der Waals surface area contributed by atoms with Crippen molar-refractivity contribution in [2.75, 3.05) is 6.54 Å². The third-order valence-electron chi connectivity index (χ3n) is 3.72. The Balaban J connectivity index is 1.94. The summed E-state index contributed by atoms with van der Waals surface area (Å²) in [6.07, 6.45) is -1.10. The fraction of sp³-hybridized carbons (Fsp3) is 0.474. The number of rotatable bonds is 6. The lowest BCUT2D eigenvalue weighted by Gasteiger charge is -2.24. The van der Waals surface area contributed by atoms with Crippen molar-refractivity contribution in [3.63, 3.8) is 0 Å². The topological polar surface area (TPSA) is 114 Å². The molecule has 9 nitrogen and oxygen atoms in total. The molecular weight excluding hydrogens is 366 g/mol. The molecule has 1 aromatic rings. The van der Waals surface area contributed by atoms with Gasteiger partial charge in [-0.15, -0.1) is 5.06 Å². The molecule has 1 unspecified atom stereocenters. The van der Waals surface area contributed by atoms with Crippen LogP contribution in [-0.2, 0) is 25.6 Å². The third kappa shape index (κ3) is 6.90. The minimum absolute atomic E-state index is 0.0168. The zero-order valence-electron chi connectivity index (χ0n) is 16.2. The Morgan fingerprint density at radius 2 is 1.68 bits per heavy atom. The van der Waals surface area contributed by atoms with Gasteiger partial charge >= 0.3 is 12.2 Å². The molecule has 0 spiro atoms. The predicted molar refractivity (Wildman–Crippen MR) is 98.9 cm³/mol. The fourth-order valence-corrected chi connectivity index (χ4v) is 2.53. The Hall–Kier alpha value is -3.10. The molecule has 1 atom stereocenters. The minimum atomic E-state index is -0.951. The van der Waals surface area contributed by atoms with Gasteiger partial charge in [-0.1, -0.05) is 30.3 Å². The average Bonchev–Trinajstić information content (AvgIpc) is 2.91. The largest absolute Gasteiger partial charge is 0.444 e. The zero-order valence-corrected chi connectivity index (χ0v) is 16.2. The van der Waals surface area contributed by atoms with Crippen molar-refractivity contribution in [1.29, 1.82) is 0 Å². The maximum atomic E-state index is 12.1. The molecule has 0 saturated carbocycles. The van der Waals surface area contributed by atoms with Crippen molar-refractivity contribution in [3.05, 3.63) is 35.9 Å². The molecule has 1 aromatic carbocycles. The lowest BCUT2D eigenvalue weighted by molar-refractivity contribution is -0.171. The van der Waals surface area contributed by atoms with Crippen molar-refractivity contribution in [2.45, 2.75) is 51.7 Å². The maximum Gasteiger partial charge on any atom is 0.432 e. The SMILES string of the molecule is CC(C)(C)OC(=O)NC(CNC(=O)ON1C(=O)CCC1=O)Cc1ccccc1. The number of imide groups is 1. The Morgan fingerprint density at radius 1 is 1.07 bits per heavy atom. The molecule has 9 heteroatoms. The quantitative estimate of drug-likeness (QED) is 0.716. The molecule has 1 aliphatic rings. The van der Waals surface area contributed by atoms with Crippen LogP contribution in [0, 0.1) is 0 Å². The number of hydrogen-bond acceptors (Lipinski definition) is 6. The van der Waals surface area contributed by atoms with Crippen molar-refractivity contribution in [2.24, 2.45) is 0 Å². The van der Waals surface area contributed by atoms with Crippen LogP contribution in [0.25, 0.3) is 0 Å². The van der Waals surface area contributed by atoms with Crippen LogP contribution in [-0.4, -0.2) is 47.3 Å². The molecule has 1 aliphatic heterocycles. The van der Waals surface area contributed by atoms with E-state index in [0.29, 0.717) is 11.5 Å². The van der Waals surface area contributed by atoms with Crippen LogP contribution in [0.3, 0.4) is 0 Å².